The number of nitrogens with zero attached hydrogens (tertiary/aromatic N) is 2. The maximum Gasteiger partial charge on any atom is 0.256 e. The van der Waals surface area contributed by atoms with Gasteiger partial charge in [-0.05, 0) is 38.5 Å². The van der Waals surface area contributed by atoms with Crippen molar-refractivity contribution in [1.82, 2.24) is 20.4 Å². The minimum Gasteiger partial charge on any atom is -0.454 e. The average molecular weight is 385 g/mol. The van der Waals surface area contributed by atoms with Crippen molar-refractivity contribution in [2.24, 2.45) is 5.92 Å². The number of rotatable bonds is 4. The molecule has 3 unspecified atom stereocenters. The van der Waals surface area contributed by atoms with Crippen LogP contribution >= 0.6 is 0 Å². The summed E-state index contributed by atoms with van der Waals surface area (Å²) in [6, 6.07) is 6.76. The first-order chi connectivity index (χ1) is 13.5. The fraction of sp³-hybridized carbons (Fsp3) is 0.421. The molecule has 2 aromatic rings. The van der Waals surface area contributed by atoms with Crippen molar-refractivity contribution in [1.29, 1.82) is 0 Å². The van der Waals surface area contributed by atoms with E-state index in [4.69, 9.17) is 9.47 Å². The fourth-order valence-corrected chi connectivity index (χ4v) is 3.58. The SMILES string of the molecule is CCC1C(=O)NC(n2nc(C)cc2NC(=O)c2ccc3c(c2)OCO3)NC1C. The smallest absolute Gasteiger partial charge is 0.256 e. The second-order valence-corrected chi connectivity index (χ2v) is 7.02. The summed E-state index contributed by atoms with van der Waals surface area (Å²) in [7, 11) is 0. The summed E-state index contributed by atoms with van der Waals surface area (Å²) >= 11 is 0. The highest BCUT2D eigenvalue weighted by molar-refractivity contribution is 6.04. The van der Waals surface area contributed by atoms with E-state index < -0.39 is 6.29 Å². The maximum absolute atomic E-state index is 12.7. The van der Waals surface area contributed by atoms with E-state index in [0.717, 1.165) is 12.1 Å². The number of benzene rings is 1. The van der Waals surface area contributed by atoms with Gasteiger partial charge in [-0.1, -0.05) is 6.92 Å². The minimum atomic E-state index is -0.536. The standard InChI is InChI=1S/C19H23N5O4/c1-4-13-11(3)20-19(22-18(13)26)24-16(7-10(2)23-24)21-17(25)12-5-6-14-15(8-12)28-9-27-14/h5-8,11,13,19-20H,4,9H2,1-3H3,(H,21,25)(H,22,26). The lowest BCUT2D eigenvalue weighted by molar-refractivity contribution is -0.130. The van der Waals surface area contributed by atoms with Gasteiger partial charge in [-0.15, -0.1) is 0 Å². The van der Waals surface area contributed by atoms with Gasteiger partial charge in [0.05, 0.1) is 11.6 Å². The summed E-state index contributed by atoms with van der Waals surface area (Å²) in [5.74, 6) is 1.21. The molecule has 9 nitrogen and oxygen atoms in total. The molecular weight excluding hydrogens is 362 g/mol. The Balaban J connectivity index is 1.55. The molecule has 0 saturated carbocycles. The number of aromatic nitrogens is 2. The van der Waals surface area contributed by atoms with Gasteiger partial charge in [0.25, 0.3) is 5.91 Å². The highest BCUT2D eigenvalue weighted by Gasteiger charge is 2.34. The molecule has 2 aliphatic rings. The highest BCUT2D eigenvalue weighted by atomic mass is 16.7. The van der Waals surface area contributed by atoms with Gasteiger partial charge in [-0.25, -0.2) is 4.68 Å². The number of hydrogen-bond donors (Lipinski definition) is 3. The van der Waals surface area contributed by atoms with Gasteiger partial charge in [0.15, 0.2) is 17.8 Å². The van der Waals surface area contributed by atoms with Crippen molar-refractivity contribution in [3.63, 3.8) is 0 Å². The van der Waals surface area contributed by atoms with Crippen molar-refractivity contribution < 1.29 is 19.1 Å². The Morgan fingerprint density at radius 3 is 2.86 bits per heavy atom. The van der Waals surface area contributed by atoms with Gasteiger partial charge < -0.3 is 20.1 Å². The molecule has 1 aromatic heterocycles. The molecule has 3 atom stereocenters. The first kappa shape index (κ1) is 18.3. The number of hydrogen-bond acceptors (Lipinski definition) is 6. The van der Waals surface area contributed by atoms with Gasteiger partial charge >= 0.3 is 0 Å². The van der Waals surface area contributed by atoms with E-state index in [0.29, 0.717) is 22.9 Å². The highest BCUT2D eigenvalue weighted by Crippen LogP contribution is 2.32. The summed E-state index contributed by atoms with van der Waals surface area (Å²) in [6.07, 6.45) is 0.213. The predicted octanol–water partition coefficient (Wildman–Crippen LogP) is 1.76. The predicted molar refractivity (Wildman–Crippen MR) is 101 cm³/mol. The molecule has 28 heavy (non-hydrogen) atoms. The van der Waals surface area contributed by atoms with Crippen LogP contribution in [0.3, 0.4) is 0 Å². The number of amides is 2. The van der Waals surface area contributed by atoms with Crippen molar-refractivity contribution in [2.75, 3.05) is 12.1 Å². The molecule has 2 amide bonds. The zero-order chi connectivity index (χ0) is 19.8. The molecular formula is C19H23N5O4. The third kappa shape index (κ3) is 3.29. The minimum absolute atomic E-state index is 0.00864. The second kappa shape index (κ2) is 7.16. The second-order valence-electron chi connectivity index (χ2n) is 7.02. The van der Waals surface area contributed by atoms with E-state index in [-0.39, 0.29) is 30.6 Å². The van der Waals surface area contributed by atoms with E-state index in [2.05, 4.69) is 21.0 Å². The molecule has 2 aliphatic heterocycles. The Hall–Kier alpha value is -3.07. The third-order valence-electron chi connectivity index (χ3n) is 5.06. The maximum atomic E-state index is 12.7. The Kier molecular flexibility index (Phi) is 4.68. The zero-order valence-corrected chi connectivity index (χ0v) is 16.0. The van der Waals surface area contributed by atoms with Crippen LogP contribution in [0.15, 0.2) is 24.3 Å². The first-order valence-corrected chi connectivity index (χ1v) is 9.30. The van der Waals surface area contributed by atoms with Crippen LogP contribution in [-0.2, 0) is 4.79 Å². The number of ether oxygens (including phenoxy) is 2. The molecule has 1 aromatic carbocycles. The number of nitrogens with one attached hydrogen (secondary N) is 3. The fourth-order valence-electron chi connectivity index (χ4n) is 3.58. The summed E-state index contributed by atoms with van der Waals surface area (Å²) in [6.45, 7) is 5.94. The van der Waals surface area contributed by atoms with Gasteiger partial charge in [0, 0.05) is 17.7 Å². The van der Waals surface area contributed by atoms with Gasteiger partial charge in [-0.2, -0.15) is 5.10 Å². The molecule has 9 heteroatoms. The average Bonchev–Trinajstić information content (AvgIpc) is 3.26. The van der Waals surface area contributed by atoms with Crippen molar-refractivity contribution in [3.8, 4) is 11.5 Å². The van der Waals surface area contributed by atoms with E-state index in [1.807, 2.05) is 20.8 Å². The number of aryl methyl sites for hydroxylation is 1. The summed E-state index contributed by atoms with van der Waals surface area (Å²) < 4.78 is 12.2. The van der Waals surface area contributed by atoms with Crippen LogP contribution in [0, 0.1) is 12.8 Å². The Morgan fingerprint density at radius 2 is 2.11 bits per heavy atom. The summed E-state index contributed by atoms with van der Waals surface area (Å²) in [5.41, 5.74) is 1.16. The molecule has 0 spiro atoms. The summed E-state index contributed by atoms with van der Waals surface area (Å²) in [4.78, 5) is 25.1. The largest absolute Gasteiger partial charge is 0.454 e. The van der Waals surface area contributed by atoms with Crippen LogP contribution in [0.2, 0.25) is 0 Å². The molecule has 0 bridgehead atoms. The normalized spacial score (nSPS) is 23.4. The summed E-state index contributed by atoms with van der Waals surface area (Å²) in [5, 5.41) is 13.6. The zero-order valence-electron chi connectivity index (χ0n) is 16.0. The lowest BCUT2D eigenvalue weighted by atomic mass is 9.95. The lowest BCUT2D eigenvalue weighted by Gasteiger charge is -2.35. The first-order valence-electron chi connectivity index (χ1n) is 9.30. The van der Waals surface area contributed by atoms with Crippen LogP contribution in [0.5, 0.6) is 11.5 Å². The quantitative estimate of drug-likeness (QED) is 0.741. The number of anilines is 1. The third-order valence-corrected chi connectivity index (χ3v) is 5.06. The number of carbonyl (C=O) groups is 2. The molecule has 3 heterocycles. The van der Waals surface area contributed by atoms with Gasteiger partial charge in [0.1, 0.15) is 5.82 Å². The van der Waals surface area contributed by atoms with E-state index in [1.54, 1.807) is 28.9 Å². The molecule has 1 saturated heterocycles. The van der Waals surface area contributed by atoms with Gasteiger partial charge in [-0.3, -0.25) is 14.9 Å². The molecule has 0 aliphatic carbocycles. The van der Waals surface area contributed by atoms with Crippen LogP contribution in [-0.4, -0.2) is 34.4 Å². The Morgan fingerprint density at radius 1 is 1.32 bits per heavy atom. The Labute approximate surface area is 162 Å². The lowest BCUT2D eigenvalue weighted by Crippen LogP contribution is -2.57. The van der Waals surface area contributed by atoms with Crippen molar-refractivity contribution in [2.45, 2.75) is 39.5 Å². The topological polar surface area (TPSA) is 107 Å². The van der Waals surface area contributed by atoms with Crippen LogP contribution in [0.1, 0.15) is 42.6 Å². The van der Waals surface area contributed by atoms with E-state index >= 15 is 0 Å². The van der Waals surface area contributed by atoms with Crippen LogP contribution in [0.25, 0.3) is 0 Å². The van der Waals surface area contributed by atoms with Crippen molar-refractivity contribution in [3.05, 3.63) is 35.5 Å². The number of carbonyl (C=O) groups excluding carboxylic acids is 2. The van der Waals surface area contributed by atoms with E-state index in [9.17, 15) is 9.59 Å². The molecule has 3 N–H and O–H groups in total. The van der Waals surface area contributed by atoms with Crippen LogP contribution < -0.4 is 25.4 Å². The monoisotopic (exact) mass is 385 g/mol. The molecule has 4 rings (SSSR count). The van der Waals surface area contributed by atoms with Crippen LogP contribution in [0.4, 0.5) is 5.82 Å². The Bertz CT molecular complexity index is 925. The van der Waals surface area contributed by atoms with Gasteiger partial charge in [0.2, 0.25) is 12.7 Å². The van der Waals surface area contributed by atoms with E-state index in [1.165, 1.54) is 0 Å². The molecule has 0 radical (unpaired) electrons. The molecule has 148 valence electrons. The van der Waals surface area contributed by atoms with Crippen molar-refractivity contribution >= 4 is 17.6 Å². The molecule has 1 fully saturated rings. The number of fused-ring (bicyclic) bond motifs is 1.